The molecule has 0 saturated heterocycles. The van der Waals surface area contributed by atoms with Gasteiger partial charge in [0, 0.05) is 17.8 Å². The maximum absolute atomic E-state index is 12.4. The van der Waals surface area contributed by atoms with Crippen molar-refractivity contribution in [3.8, 4) is 0 Å². The molecule has 0 radical (unpaired) electrons. The van der Waals surface area contributed by atoms with Crippen molar-refractivity contribution in [1.29, 1.82) is 0 Å². The predicted molar refractivity (Wildman–Crippen MR) is 70.0 cm³/mol. The lowest BCUT2D eigenvalue weighted by atomic mass is 10.1. The van der Waals surface area contributed by atoms with E-state index in [2.05, 4.69) is 0 Å². The van der Waals surface area contributed by atoms with Crippen molar-refractivity contribution in [2.45, 2.75) is 32.5 Å². The highest BCUT2D eigenvalue weighted by atomic mass is 16.5. The van der Waals surface area contributed by atoms with E-state index in [9.17, 15) is 9.59 Å². The quantitative estimate of drug-likeness (QED) is 0.905. The first-order valence-corrected chi connectivity index (χ1v) is 6.32. The lowest BCUT2D eigenvalue weighted by molar-refractivity contribution is -0.147. The fourth-order valence-corrected chi connectivity index (χ4v) is 2.37. The van der Waals surface area contributed by atoms with Crippen LogP contribution in [0.1, 0.15) is 31.9 Å². The Labute approximate surface area is 111 Å². The Hall–Kier alpha value is -1.88. The Morgan fingerprint density at radius 3 is 2.74 bits per heavy atom. The molecule has 0 aliphatic carbocycles. The summed E-state index contributed by atoms with van der Waals surface area (Å²) in [6.07, 6.45) is -1.55. The Morgan fingerprint density at radius 1 is 1.42 bits per heavy atom. The van der Waals surface area contributed by atoms with Crippen molar-refractivity contribution in [3.63, 3.8) is 0 Å². The van der Waals surface area contributed by atoms with Crippen molar-refractivity contribution >= 4 is 17.6 Å². The molecule has 2 unspecified atom stereocenters. The van der Waals surface area contributed by atoms with Crippen LogP contribution in [0, 0.1) is 0 Å². The summed E-state index contributed by atoms with van der Waals surface area (Å²) in [4.78, 5) is 24.8. The molecule has 1 amide bonds. The Balaban J connectivity index is 2.42. The number of carboxylic acid groups (broad SMARTS) is 1. The third-order valence-electron chi connectivity index (χ3n) is 3.25. The van der Waals surface area contributed by atoms with Crippen molar-refractivity contribution in [3.05, 3.63) is 29.8 Å². The van der Waals surface area contributed by atoms with Crippen LogP contribution >= 0.6 is 0 Å². The van der Waals surface area contributed by atoms with Crippen molar-refractivity contribution in [2.24, 2.45) is 0 Å². The van der Waals surface area contributed by atoms with Crippen LogP contribution in [-0.4, -0.2) is 29.6 Å². The molecule has 1 aromatic rings. The van der Waals surface area contributed by atoms with Crippen LogP contribution in [0.25, 0.3) is 0 Å². The second kappa shape index (κ2) is 5.40. The highest BCUT2D eigenvalue weighted by Crippen LogP contribution is 2.33. The number of amides is 1. The fourth-order valence-electron chi connectivity index (χ4n) is 2.37. The van der Waals surface area contributed by atoms with E-state index in [1.165, 1.54) is 0 Å². The molecule has 1 aliphatic rings. The lowest BCUT2D eigenvalue weighted by Gasteiger charge is -2.22. The number of benzene rings is 1. The summed E-state index contributed by atoms with van der Waals surface area (Å²) in [6.45, 7) is 4.19. The minimum absolute atomic E-state index is 0.290. The van der Waals surface area contributed by atoms with Gasteiger partial charge in [0.25, 0.3) is 5.91 Å². The van der Waals surface area contributed by atoms with Gasteiger partial charge in [0.05, 0.1) is 12.5 Å². The minimum Gasteiger partial charge on any atom is -0.481 e. The maximum Gasteiger partial charge on any atom is 0.306 e. The maximum atomic E-state index is 12.4. The molecular formula is C14H17NO4. The first-order valence-electron chi connectivity index (χ1n) is 6.32. The zero-order valence-electron chi connectivity index (χ0n) is 11.0. The molecule has 0 bridgehead atoms. The number of hydrogen-bond donors (Lipinski definition) is 1. The van der Waals surface area contributed by atoms with E-state index in [4.69, 9.17) is 9.84 Å². The zero-order valence-corrected chi connectivity index (χ0v) is 11.0. The highest BCUT2D eigenvalue weighted by Gasteiger charge is 2.34. The predicted octanol–water partition coefficient (Wildman–Crippen LogP) is 1.97. The van der Waals surface area contributed by atoms with Gasteiger partial charge in [-0.3, -0.25) is 9.59 Å². The standard InChI is InChI=1S/C14H17NO4/c1-3-15-11-7-5-4-6-10(11)9(2)19-12(14(15)18)8-13(16)17/h4-7,9,12H,3,8H2,1-2H3,(H,16,17). The summed E-state index contributed by atoms with van der Waals surface area (Å²) in [5.74, 6) is -1.32. The summed E-state index contributed by atoms with van der Waals surface area (Å²) in [5, 5.41) is 8.89. The second-order valence-corrected chi connectivity index (χ2v) is 4.51. The number of hydrogen-bond acceptors (Lipinski definition) is 3. The number of nitrogens with zero attached hydrogens (tertiary/aromatic N) is 1. The highest BCUT2D eigenvalue weighted by molar-refractivity contribution is 5.99. The Morgan fingerprint density at radius 2 is 2.11 bits per heavy atom. The van der Waals surface area contributed by atoms with Gasteiger partial charge in [-0.1, -0.05) is 18.2 Å². The third-order valence-corrected chi connectivity index (χ3v) is 3.25. The van der Waals surface area contributed by atoms with Crippen LogP contribution < -0.4 is 4.90 Å². The van der Waals surface area contributed by atoms with E-state index >= 15 is 0 Å². The van der Waals surface area contributed by atoms with E-state index in [1.807, 2.05) is 38.1 Å². The van der Waals surface area contributed by atoms with E-state index < -0.39 is 12.1 Å². The molecule has 2 atom stereocenters. The van der Waals surface area contributed by atoms with Gasteiger partial charge in [0.2, 0.25) is 0 Å². The minimum atomic E-state index is -1.03. The van der Waals surface area contributed by atoms with Crippen LogP contribution in [0.3, 0.4) is 0 Å². The summed E-state index contributed by atoms with van der Waals surface area (Å²) in [6, 6.07) is 7.51. The normalized spacial score (nSPS) is 22.8. The number of likely N-dealkylation sites (N-methyl/N-ethyl adjacent to an activating group) is 1. The topological polar surface area (TPSA) is 66.8 Å². The molecule has 1 aliphatic heterocycles. The molecule has 1 aromatic carbocycles. The average molecular weight is 263 g/mol. The van der Waals surface area contributed by atoms with E-state index in [-0.39, 0.29) is 18.4 Å². The second-order valence-electron chi connectivity index (χ2n) is 4.51. The average Bonchev–Trinajstić information content (AvgIpc) is 2.47. The molecule has 19 heavy (non-hydrogen) atoms. The molecule has 102 valence electrons. The number of para-hydroxylation sites is 1. The van der Waals surface area contributed by atoms with Gasteiger partial charge in [-0.25, -0.2) is 0 Å². The third kappa shape index (κ3) is 2.61. The molecule has 0 saturated carbocycles. The monoisotopic (exact) mass is 263 g/mol. The molecule has 5 heteroatoms. The summed E-state index contributed by atoms with van der Waals surface area (Å²) in [5.41, 5.74) is 1.71. The zero-order chi connectivity index (χ0) is 14.0. The number of anilines is 1. The number of aliphatic carboxylic acids is 1. The molecule has 1 N–H and O–H groups in total. The summed E-state index contributed by atoms with van der Waals surface area (Å²) in [7, 11) is 0. The smallest absolute Gasteiger partial charge is 0.306 e. The van der Waals surface area contributed by atoms with E-state index in [0.717, 1.165) is 11.3 Å². The number of fused-ring (bicyclic) bond motifs is 1. The molecule has 0 spiro atoms. The number of carboxylic acids is 1. The van der Waals surface area contributed by atoms with Crippen LogP contribution in [0.2, 0.25) is 0 Å². The molecular weight excluding hydrogens is 246 g/mol. The number of rotatable bonds is 3. The van der Waals surface area contributed by atoms with Gasteiger partial charge in [-0.2, -0.15) is 0 Å². The fraction of sp³-hybridized carbons (Fsp3) is 0.429. The van der Waals surface area contributed by atoms with E-state index in [1.54, 1.807) is 4.90 Å². The number of carbonyl (C=O) groups excluding carboxylic acids is 1. The van der Waals surface area contributed by atoms with Gasteiger partial charge in [0.1, 0.15) is 6.10 Å². The van der Waals surface area contributed by atoms with Crippen LogP contribution in [0.4, 0.5) is 5.69 Å². The number of carbonyl (C=O) groups is 2. The van der Waals surface area contributed by atoms with Gasteiger partial charge in [-0.15, -0.1) is 0 Å². The van der Waals surface area contributed by atoms with Gasteiger partial charge in [0.15, 0.2) is 0 Å². The van der Waals surface area contributed by atoms with Crippen molar-refractivity contribution < 1.29 is 19.4 Å². The van der Waals surface area contributed by atoms with Crippen LogP contribution in [0.5, 0.6) is 0 Å². The number of ether oxygens (including phenoxy) is 1. The first kappa shape index (κ1) is 13.5. The molecule has 0 aromatic heterocycles. The van der Waals surface area contributed by atoms with Gasteiger partial charge < -0.3 is 14.7 Å². The van der Waals surface area contributed by atoms with Crippen LogP contribution in [0.15, 0.2) is 24.3 Å². The van der Waals surface area contributed by atoms with E-state index in [0.29, 0.717) is 6.54 Å². The van der Waals surface area contributed by atoms with Crippen molar-refractivity contribution in [2.75, 3.05) is 11.4 Å². The summed E-state index contributed by atoms with van der Waals surface area (Å²) >= 11 is 0. The molecule has 2 rings (SSSR count). The van der Waals surface area contributed by atoms with Crippen LogP contribution in [-0.2, 0) is 14.3 Å². The lowest BCUT2D eigenvalue weighted by Crippen LogP contribution is -2.40. The molecule has 0 fully saturated rings. The molecule has 1 heterocycles. The Bertz CT molecular complexity index is 500. The van der Waals surface area contributed by atoms with Gasteiger partial charge >= 0.3 is 5.97 Å². The first-order chi connectivity index (χ1) is 9.04. The largest absolute Gasteiger partial charge is 0.481 e. The van der Waals surface area contributed by atoms with Crippen molar-refractivity contribution in [1.82, 2.24) is 0 Å². The Kier molecular flexibility index (Phi) is 3.85. The summed E-state index contributed by atoms with van der Waals surface area (Å²) < 4.78 is 5.62. The molecule has 5 nitrogen and oxygen atoms in total. The SMILES string of the molecule is CCN1C(=O)C(CC(=O)O)OC(C)c2ccccc21. The van der Waals surface area contributed by atoms with Gasteiger partial charge in [-0.05, 0) is 19.9 Å².